The highest BCUT2D eigenvalue weighted by atomic mass is 32.2. The maximum atomic E-state index is 11.3. The zero-order chi connectivity index (χ0) is 19.2. The molecular weight excluding hydrogens is 358 g/mol. The van der Waals surface area contributed by atoms with Gasteiger partial charge in [0, 0.05) is 6.54 Å². The molecule has 0 aliphatic carbocycles. The molecule has 0 bridgehead atoms. The summed E-state index contributed by atoms with van der Waals surface area (Å²) in [5.41, 5.74) is 2.59. The van der Waals surface area contributed by atoms with Crippen LogP contribution in [0.2, 0.25) is 0 Å². The van der Waals surface area contributed by atoms with Gasteiger partial charge in [-0.2, -0.15) is 8.42 Å². The molecule has 0 heterocycles. The van der Waals surface area contributed by atoms with Crippen LogP contribution in [-0.2, 0) is 19.8 Å². The molecule has 1 N–H and O–H groups in total. The second-order valence-electron chi connectivity index (χ2n) is 6.30. The average molecular weight is 381 g/mol. The molecule has 0 aromatic heterocycles. The molecular formula is C22H23NO3S. The molecule has 3 rings (SSSR count). The van der Waals surface area contributed by atoms with Crippen molar-refractivity contribution in [2.75, 3.05) is 19.4 Å². The maximum Gasteiger partial charge on any atom is 0.264 e. The quantitative estimate of drug-likeness (QED) is 0.368. The summed E-state index contributed by atoms with van der Waals surface area (Å²) in [7, 11) is -3.48. The smallest absolute Gasteiger partial charge is 0.264 e. The Hall–Kier alpha value is -2.47. The molecule has 0 radical (unpaired) electrons. The van der Waals surface area contributed by atoms with Gasteiger partial charge in [0.2, 0.25) is 0 Å². The largest absolute Gasteiger partial charge is 0.298 e. The third-order valence-corrected chi connectivity index (χ3v) is 5.00. The van der Waals surface area contributed by atoms with Crippen LogP contribution in [0, 0.1) is 0 Å². The van der Waals surface area contributed by atoms with Crippen LogP contribution < -0.4 is 5.32 Å². The molecule has 27 heavy (non-hydrogen) atoms. The molecule has 0 aliphatic rings. The molecule has 5 heteroatoms. The lowest BCUT2D eigenvalue weighted by Crippen LogP contribution is -2.46. The fraction of sp³-hybridized carbons (Fsp3) is 0.182. The van der Waals surface area contributed by atoms with Gasteiger partial charge < -0.3 is 0 Å². The molecule has 4 nitrogen and oxygen atoms in total. The molecule has 0 spiro atoms. The second-order valence-corrected chi connectivity index (χ2v) is 7.94. The Kier molecular flexibility index (Phi) is 6.06. The summed E-state index contributed by atoms with van der Waals surface area (Å²) in [6.07, 6.45) is 1.06. The van der Waals surface area contributed by atoms with Gasteiger partial charge in [-0.25, -0.2) is 0 Å². The van der Waals surface area contributed by atoms with E-state index in [0.717, 1.165) is 22.9 Å². The molecule has 0 atom stereocenters. The van der Waals surface area contributed by atoms with E-state index in [1.165, 1.54) is 0 Å². The third-order valence-electron chi connectivity index (χ3n) is 4.41. The van der Waals surface area contributed by atoms with Crippen LogP contribution in [0.1, 0.15) is 16.7 Å². The molecule has 0 amide bonds. The number of nitrogens with one attached hydrogen (secondary N) is 1. The van der Waals surface area contributed by atoms with Crippen molar-refractivity contribution in [2.24, 2.45) is 0 Å². The minimum atomic E-state index is -3.48. The van der Waals surface area contributed by atoms with Gasteiger partial charge in [0.25, 0.3) is 10.1 Å². The fourth-order valence-electron chi connectivity index (χ4n) is 3.30. The van der Waals surface area contributed by atoms with Crippen LogP contribution in [0.25, 0.3) is 0 Å². The topological polar surface area (TPSA) is 55.4 Å². The zero-order valence-corrected chi connectivity index (χ0v) is 16.0. The third kappa shape index (κ3) is 4.63. The first-order valence-electron chi connectivity index (χ1n) is 8.78. The van der Waals surface area contributed by atoms with Crippen molar-refractivity contribution in [1.29, 1.82) is 0 Å². The van der Waals surface area contributed by atoms with Gasteiger partial charge >= 0.3 is 0 Å². The summed E-state index contributed by atoms with van der Waals surface area (Å²) >= 11 is 0. The minimum absolute atomic E-state index is 0.0626. The van der Waals surface area contributed by atoms with Crippen LogP contribution in [-0.4, -0.2) is 27.8 Å². The Morgan fingerprint density at radius 1 is 0.741 bits per heavy atom. The van der Waals surface area contributed by atoms with Crippen molar-refractivity contribution in [3.63, 3.8) is 0 Å². The lowest BCUT2D eigenvalue weighted by atomic mass is 9.77. The molecule has 0 saturated carbocycles. The van der Waals surface area contributed by atoms with Crippen molar-refractivity contribution < 1.29 is 12.6 Å². The normalized spacial score (nSPS) is 12.0. The molecule has 0 fully saturated rings. The number of benzene rings is 3. The van der Waals surface area contributed by atoms with Crippen LogP contribution in [0.5, 0.6) is 0 Å². The van der Waals surface area contributed by atoms with Crippen LogP contribution >= 0.6 is 0 Å². The van der Waals surface area contributed by atoms with Gasteiger partial charge in [0.15, 0.2) is 0 Å². The number of rotatable bonds is 8. The lowest BCUT2D eigenvalue weighted by molar-refractivity contribution is 0.302. The van der Waals surface area contributed by atoms with E-state index in [0.29, 0.717) is 6.54 Å². The molecule has 0 unspecified atom stereocenters. The Balaban J connectivity index is 2.08. The Bertz CT molecular complexity index is 846. The summed E-state index contributed by atoms with van der Waals surface area (Å²) in [5, 5.41) is 3.57. The monoisotopic (exact) mass is 381 g/mol. The highest BCUT2D eigenvalue weighted by Crippen LogP contribution is 2.36. The van der Waals surface area contributed by atoms with Gasteiger partial charge in [-0.3, -0.25) is 9.50 Å². The van der Waals surface area contributed by atoms with E-state index in [2.05, 4.69) is 41.7 Å². The first-order chi connectivity index (χ1) is 13.0. The summed E-state index contributed by atoms with van der Waals surface area (Å²) in [5.74, 6) is 0. The molecule has 0 aliphatic heterocycles. The van der Waals surface area contributed by atoms with E-state index in [4.69, 9.17) is 4.18 Å². The van der Waals surface area contributed by atoms with Crippen LogP contribution in [0.15, 0.2) is 91.0 Å². The summed E-state index contributed by atoms with van der Waals surface area (Å²) in [4.78, 5) is 0. The Morgan fingerprint density at radius 2 is 1.11 bits per heavy atom. The predicted molar refractivity (Wildman–Crippen MR) is 108 cm³/mol. The van der Waals surface area contributed by atoms with E-state index in [-0.39, 0.29) is 6.61 Å². The maximum absolute atomic E-state index is 11.3. The van der Waals surface area contributed by atoms with E-state index in [1.807, 2.05) is 54.6 Å². The second kappa shape index (κ2) is 8.48. The average Bonchev–Trinajstić information content (AvgIpc) is 2.70. The first kappa shape index (κ1) is 19.3. The minimum Gasteiger partial charge on any atom is -0.298 e. The van der Waals surface area contributed by atoms with Gasteiger partial charge in [0.1, 0.15) is 0 Å². The predicted octanol–water partition coefficient (Wildman–Crippen LogP) is 3.54. The van der Waals surface area contributed by atoms with Crippen molar-refractivity contribution in [1.82, 2.24) is 5.32 Å². The first-order valence-corrected chi connectivity index (χ1v) is 10.6. The van der Waals surface area contributed by atoms with Crippen molar-refractivity contribution in [2.45, 2.75) is 5.54 Å². The Labute approximate surface area is 161 Å². The number of hydrogen-bond donors (Lipinski definition) is 1. The summed E-state index contributed by atoms with van der Waals surface area (Å²) in [6, 6.07) is 30.4. The zero-order valence-electron chi connectivity index (χ0n) is 15.2. The van der Waals surface area contributed by atoms with Crippen molar-refractivity contribution in [3.8, 4) is 0 Å². The van der Waals surface area contributed by atoms with E-state index in [1.54, 1.807) is 0 Å². The standard InChI is InChI=1S/C22H23NO3S/c1-27(24,25)26-18-17-23-22(19-11-5-2-6-12-19,20-13-7-3-8-14-20)21-15-9-4-10-16-21/h2-16,23H,17-18H2,1H3. The molecule has 0 saturated heterocycles. The Morgan fingerprint density at radius 3 is 1.44 bits per heavy atom. The van der Waals surface area contributed by atoms with Gasteiger partial charge in [-0.1, -0.05) is 91.0 Å². The van der Waals surface area contributed by atoms with E-state index < -0.39 is 15.7 Å². The lowest BCUT2D eigenvalue weighted by Gasteiger charge is -2.37. The van der Waals surface area contributed by atoms with Crippen molar-refractivity contribution >= 4 is 10.1 Å². The highest BCUT2D eigenvalue weighted by molar-refractivity contribution is 7.85. The molecule has 3 aromatic rings. The number of hydrogen-bond acceptors (Lipinski definition) is 4. The van der Waals surface area contributed by atoms with Gasteiger partial charge in [0.05, 0.1) is 18.4 Å². The van der Waals surface area contributed by atoms with Crippen LogP contribution in [0.3, 0.4) is 0 Å². The highest BCUT2D eigenvalue weighted by Gasteiger charge is 2.35. The van der Waals surface area contributed by atoms with E-state index in [9.17, 15) is 8.42 Å². The fourth-order valence-corrected chi connectivity index (χ4v) is 3.69. The summed E-state index contributed by atoms with van der Waals surface area (Å²) in [6.45, 7) is 0.429. The van der Waals surface area contributed by atoms with Gasteiger partial charge in [-0.15, -0.1) is 0 Å². The van der Waals surface area contributed by atoms with Crippen molar-refractivity contribution in [3.05, 3.63) is 108 Å². The van der Waals surface area contributed by atoms with Crippen LogP contribution in [0.4, 0.5) is 0 Å². The molecule has 140 valence electrons. The summed E-state index contributed by atoms with van der Waals surface area (Å²) < 4.78 is 27.6. The van der Waals surface area contributed by atoms with Gasteiger partial charge in [-0.05, 0) is 16.7 Å². The SMILES string of the molecule is CS(=O)(=O)OCCNC(c1ccccc1)(c1ccccc1)c1ccccc1. The molecule has 3 aromatic carbocycles. The van der Waals surface area contributed by atoms with E-state index >= 15 is 0 Å².